The Morgan fingerprint density at radius 1 is 0.750 bits per heavy atom. The van der Waals surface area contributed by atoms with E-state index in [0.717, 1.165) is 12.6 Å². The van der Waals surface area contributed by atoms with Gasteiger partial charge in [-0.2, -0.15) is 0 Å². The number of ketones is 1. The molecular formula is C17H30O3. The number of carbonyl (C=O) groups is 3. The second kappa shape index (κ2) is 5.79. The van der Waals surface area contributed by atoms with Crippen LogP contribution in [0.25, 0.3) is 0 Å². The van der Waals surface area contributed by atoms with Crippen LogP contribution in [-0.4, -0.2) is 18.4 Å². The molecule has 3 nitrogen and oxygen atoms in total. The van der Waals surface area contributed by atoms with Gasteiger partial charge in [-0.15, -0.1) is 0 Å². The van der Waals surface area contributed by atoms with Crippen LogP contribution >= 0.6 is 0 Å². The van der Waals surface area contributed by atoms with E-state index in [4.69, 9.17) is 0 Å². The first kappa shape index (κ1) is 19.0. The summed E-state index contributed by atoms with van der Waals surface area (Å²) in [5, 5.41) is 0. The third-order valence-electron chi connectivity index (χ3n) is 5.00. The maximum absolute atomic E-state index is 13.2. The van der Waals surface area contributed by atoms with Gasteiger partial charge in [0.2, 0.25) is 0 Å². The first-order valence-electron chi connectivity index (χ1n) is 7.37. The van der Waals surface area contributed by atoms with E-state index in [1.165, 1.54) is 0 Å². The molecule has 0 bridgehead atoms. The number of hydrogen-bond acceptors (Lipinski definition) is 3. The zero-order chi connectivity index (χ0) is 16.4. The highest BCUT2D eigenvalue weighted by atomic mass is 16.2. The van der Waals surface area contributed by atoms with Crippen molar-refractivity contribution < 1.29 is 14.4 Å². The lowest BCUT2D eigenvalue weighted by Gasteiger charge is -2.47. The van der Waals surface area contributed by atoms with Crippen LogP contribution in [0.5, 0.6) is 0 Å². The molecule has 0 aliphatic rings. The van der Waals surface area contributed by atoms with Crippen LogP contribution in [0.1, 0.15) is 68.2 Å². The Kier molecular flexibility index (Phi) is 5.50. The normalized spacial score (nSPS) is 18.8. The topological polar surface area (TPSA) is 51.2 Å². The van der Waals surface area contributed by atoms with Crippen LogP contribution in [0.15, 0.2) is 0 Å². The Morgan fingerprint density at radius 2 is 1.00 bits per heavy atom. The maximum atomic E-state index is 13.2. The molecule has 0 aromatic heterocycles. The average Bonchev–Trinajstić information content (AvgIpc) is 2.29. The predicted molar refractivity (Wildman–Crippen MR) is 81.5 cm³/mol. The fourth-order valence-corrected chi connectivity index (χ4v) is 3.09. The Morgan fingerprint density at radius 3 is 1.10 bits per heavy atom. The smallest absolute Gasteiger partial charge is 0.160 e. The molecule has 0 spiro atoms. The van der Waals surface area contributed by atoms with Gasteiger partial charge in [0, 0.05) is 0 Å². The number of rotatable bonds is 6. The van der Waals surface area contributed by atoms with Crippen LogP contribution in [0.2, 0.25) is 0 Å². The minimum Gasteiger partial charge on any atom is -0.302 e. The fourth-order valence-electron chi connectivity index (χ4n) is 3.09. The van der Waals surface area contributed by atoms with E-state index in [1.807, 2.05) is 55.4 Å². The summed E-state index contributed by atoms with van der Waals surface area (Å²) < 4.78 is 0. The van der Waals surface area contributed by atoms with Gasteiger partial charge >= 0.3 is 0 Å². The van der Waals surface area contributed by atoms with Crippen molar-refractivity contribution in [2.45, 2.75) is 68.2 Å². The largest absolute Gasteiger partial charge is 0.302 e. The van der Waals surface area contributed by atoms with E-state index in [0.29, 0.717) is 12.8 Å². The van der Waals surface area contributed by atoms with Gasteiger partial charge in [-0.3, -0.25) is 4.79 Å². The summed E-state index contributed by atoms with van der Waals surface area (Å²) in [4.78, 5) is 36.9. The summed E-state index contributed by atoms with van der Waals surface area (Å²) in [6, 6.07) is 0. The summed E-state index contributed by atoms with van der Waals surface area (Å²) in [6.07, 6.45) is 2.33. The van der Waals surface area contributed by atoms with Gasteiger partial charge < -0.3 is 9.59 Å². The highest BCUT2D eigenvalue weighted by Gasteiger charge is 2.58. The van der Waals surface area contributed by atoms with E-state index >= 15 is 0 Å². The number of hydrogen-bond donors (Lipinski definition) is 0. The van der Waals surface area contributed by atoms with Gasteiger partial charge in [0.15, 0.2) is 5.78 Å². The molecule has 116 valence electrons. The minimum atomic E-state index is -1.13. The Hall–Kier alpha value is -0.990. The molecule has 2 atom stereocenters. The molecule has 0 heterocycles. The first-order chi connectivity index (χ1) is 8.90. The third-order valence-corrected chi connectivity index (χ3v) is 5.00. The van der Waals surface area contributed by atoms with Crippen molar-refractivity contribution in [3.8, 4) is 0 Å². The molecular weight excluding hydrogens is 252 g/mol. The van der Waals surface area contributed by atoms with Crippen LogP contribution in [-0.2, 0) is 14.4 Å². The first-order valence-corrected chi connectivity index (χ1v) is 7.37. The van der Waals surface area contributed by atoms with Crippen molar-refractivity contribution in [2.24, 2.45) is 21.7 Å². The predicted octanol–water partition coefficient (Wildman–Crippen LogP) is 3.84. The van der Waals surface area contributed by atoms with E-state index in [1.54, 1.807) is 0 Å². The average molecular weight is 282 g/mol. The second-order valence-corrected chi connectivity index (χ2v) is 7.71. The van der Waals surface area contributed by atoms with Gasteiger partial charge in [-0.1, -0.05) is 55.4 Å². The quantitative estimate of drug-likeness (QED) is 0.549. The molecule has 0 amide bonds. The molecule has 0 saturated heterocycles. The van der Waals surface area contributed by atoms with E-state index < -0.39 is 21.7 Å². The highest BCUT2D eigenvalue weighted by Crippen LogP contribution is 2.51. The summed E-state index contributed by atoms with van der Waals surface area (Å²) in [6.45, 7) is 15.0. The Balaban J connectivity index is 6.28. The van der Waals surface area contributed by atoms with Gasteiger partial charge in [0.05, 0.1) is 10.8 Å². The number of aldehydes is 2. The molecule has 0 aliphatic carbocycles. The molecule has 0 radical (unpaired) electrons. The third kappa shape index (κ3) is 2.59. The summed E-state index contributed by atoms with van der Waals surface area (Å²) >= 11 is 0. The second-order valence-electron chi connectivity index (χ2n) is 7.71. The van der Waals surface area contributed by atoms with Crippen molar-refractivity contribution in [3.63, 3.8) is 0 Å². The number of Topliss-reactive ketones (excluding diaryl/α,β-unsaturated/α-hetero) is 1. The molecule has 0 fully saturated rings. The summed E-state index contributed by atoms with van der Waals surface area (Å²) in [5.74, 6) is -0.236. The van der Waals surface area contributed by atoms with Crippen molar-refractivity contribution >= 4 is 18.4 Å². The van der Waals surface area contributed by atoms with Crippen molar-refractivity contribution in [1.29, 1.82) is 0 Å². The molecule has 0 N–H and O–H groups in total. The lowest BCUT2D eigenvalue weighted by atomic mass is 9.52. The van der Waals surface area contributed by atoms with Gasteiger partial charge in [0.25, 0.3) is 0 Å². The summed E-state index contributed by atoms with van der Waals surface area (Å²) in [7, 11) is 0. The fraction of sp³-hybridized carbons (Fsp3) is 0.824. The molecule has 20 heavy (non-hydrogen) atoms. The maximum Gasteiger partial charge on any atom is 0.160 e. The monoisotopic (exact) mass is 282 g/mol. The Bertz CT molecular complexity index is 348. The molecule has 3 heteroatoms. The van der Waals surface area contributed by atoms with Crippen molar-refractivity contribution in [3.05, 3.63) is 0 Å². The minimum absolute atomic E-state index is 0.236. The van der Waals surface area contributed by atoms with Gasteiger partial charge in [0.1, 0.15) is 12.6 Å². The lowest BCUT2D eigenvalue weighted by Crippen LogP contribution is -2.56. The molecule has 0 rings (SSSR count). The molecule has 0 aliphatic heterocycles. The Labute approximate surface area is 123 Å². The van der Waals surface area contributed by atoms with Crippen molar-refractivity contribution in [1.82, 2.24) is 0 Å². The highest BCUT2D eigenvalue weighted by molar-refractivity contribution is 6.09. The van der Waals surface area contributed by atoms with Gasteiger partial charge in [-0.05, 0) is 23.7 Å². The van der Waals surface area contributed by atoms with Crippen LogP contribution in [0.3, 0.4) is 0 Å². The van der Waals surface area contributed by atoms with E-state index in [9.17, 15) is 14.4 Å². The zero-order valence-electron chi connectivity index (χ0n) is 14.3. The molecule has 0 aromatic rings. The van der Waals surface area contributed by atoms with Crippen LogP contribution in [0, 0.1) is 21.7 Å². The standard InChI is InChI=1S/C17H30O3/c1-9-16(11-18,14(3,4)5)13(20)17(10-2,12-19)15(6,7)8/h11-12H,9-10H2,1-8H3. The van der Waals surface area contributed by atoms with Crippen LogP contribution < -0.4 is 0 Å². The molecule has 2 unspecified atom stereocenters. The van der Waals surface area contributed by atoms with Gasteiger partial charge in [-0.25, -0.2) is 0 Å². The molecule has 0 aromatic carbocycles. The SMILES string of the molecule is CCC(C=O)(C(=O)C(C=O)(CC)C(C)(C)C)C(C)(C)C. The summed E-state index contributed by atoms with van der Waals surface area (Å²) in [5.41, 5.74) is -3.29. The van der Waals surface area contributed by atoms with E-state index in [2.05, 4.69) is 0 Å². The molecule has 0 saturated carbocycles. The lowest BCUT2D eigenvalue weighted by molar-refractivity contribution is -0.158. The van der Waals surface area contributed by atoms with E-state index in [-0.39, 0.29) is 5.78 Å². The van der Waals surface area contributed by atoms with Crippen molar-refractivity contribution in [2.75, 3.05) is 0 Å². The zero-order valence-corrected chi connectivity index (χ0v) is 14.3. The number of carbonyl (C=O) groups excluding carboxylic acids is 3. The van der Waals surface area contributed by atoms with Crippen LogP contribution in [0.4, 0.5) is 0 Å².